The van der Waals surface area contributed by atoms with E-state index in [-0.39, 0.29) is 11.9 Å². The fraction of sp³-hybridized carbons (Fsp3) is 0.500. The molecule has 3 saturated heterocycles. The number of aromatic nitrogens is 3. The summed E-state index contributed by atoms with van der Waals surface area (Å²) < 4.78 is 22.0. The van der Waals surface area contributed by atoms with Crippen LogP contribution in [0.25, 0.3) is 0 Å². The Morgan fingerprint density at radius 3 is 2.78 bits per heavy atom. The van der Waals surface area contributed by atoms with Crippen molar-refractivity contribution in [1.82, 2.24) is 14.8 Å². The first kappa shape index (κ1) is 16.9. The molecule has 9 heteroatoms. The van der Waals surface area contributed by atoms with Gasteiger partial charge in [0.2, 0.25) is 0 Å². The Morgan fingerprint density at radius 2 is 2.07 bits per heavy atom. The van der Waals surface area contributed by atoms with Crippen molar-refractivity contribution in [2.75, 3.05) is 27.9 Å². The van der Waals surface area contributed by atoms with Crippen LogP contribution in [0.1, 0.15) is 12.8 Å². The lowest BCUT2D eigenvalue weighted by Gasteiger charge is -2.36. The first-order valence-electron chi connectivity index (χ1n) is 9.15. The molecular formula is C18H20FN5O2S. The molecule has 0 saturated carbocycles. The standard InChI is InChI=1S/C18H20FN5O2S/c19-16-5-12(3-4-17(16)24-13-1-2-14(24)9-27-8-13)23-7-15(26-18(23)25)6-22-11-20-10-21-22/h3-5,10-11,13-15H,1-2,6-9H2. The molecular weight excluding hydrogens is 369 g/mol. The number of fused-ring (bicyclic) bond motifs is 2. The van der Waals surface area contributed by atoms with Crippen molar-refractivity contribution >= 4 is 29.2 Å². The molecule has 7 nitrogen and oxygen atoms in total. The number of halogens is 1. The predicted octanol–water partition coefficient (Wildman–Crippen LogP) is 2.53. The number of amides is 1. The summed E-state index contributed by atoms with van der Waals surface area (Å²) in [5, 5.41) is 4.03. The first-order chi connectivity index (χ1) is 13.2. The molecule has 0 radical (unpaired) electrons. The lowest BCUT2D eigenvalue weighted by Crippen LogP contribution is -2.43. The second kappa shape index (κ2) is 6.70. The quantitative estimate of drug-likeness (QED) is 0.801. The topological polar surface area (TPSA) is 63.5 Å². The van der Waals surface area contributed by atoms with Crippen molar-refractivity contribution < 1.29 is 13.9 Å². The zero-order valence-electron chi connectivity index (χ0n) is 14.7. The van der Waals surface area contributed by atoms with Crippen molar-refractivity contribution in [3.05, 3.63) is 36.7 Å². The molecule has 2 aromatic rings. The van der Waals surface area contributed by atoms with E-state index in [0.29, 0.717) is 36.5 Å². The maximum atomic E-state index is 14.9. The third kappa shape index (κ3) is 3.03. The largest absolute Gasteiger partial charge is 0.442 e. The van der Waals surface area contributed by atoms with E-state index >= 15 is 0 Å². The van der Waals surface area contributed by atoms with Gasteiger partial charge in [-0.3, -0.25) is 4.90 Å². The fourth-order valence-electron chi connectivity index (χ4n) is 4.26. The summed E-state index contributed by atoms with van der Waals surface area (Å²) in [5.41, 5.74) is 1.18. The maximum Gasteiger partial charge on any atom is 0.414 e. The van der Waals surface area contributed by atoms with Gasteiger partial charge in [-0.15, -0.1) is 0 Å². The lowest BCUT2D eigenvalue weighted by molar-refractivity contribution is 0.129. The molecule has 0 aliphatic carbocycles. The number of hydrogen-bond donors (Lipinski definition) is 0. The molecule has 0 N–H and O–H groups in total. The number of cyclic esters (lactones) is 1. The van der Waals surface area contributed by atoms with Gasteiger partial charge in [-0.2, -0.15) is 16.9 Å². The van der Waals surface area contributed by atoms with Crippen LogP contribution in [0.2, 0.25) is 0 Å². The van der Waals surface area contributed by atoms with E-state index in [9.17, 15) is 9.18 Å². The molecule has 2 bridgehead atoms. The van der Waals surface area contributed by atoms with Gasteiger partial charge in [-0.25, -0.2) is 18.9 Å². The molecule has 5 rings (SSSR count). The number of ether oxygens (including phenoxy) is 1. The molecule has 3 aliphatic heterocycles. The van der Waals surface area contributed by atoms with Gasteiger partial charge in [0.05, 0.1) is 24.5 Å². The summed E-state index contributed by atoms with van der Waals surface area (Å²) >= 11 is 1.96. The second-order valence-electron chi connectivity index (χ2n) is 7.20. The average molecular weight is 389 g/mol. The van der Waals surface area contributed by atoms with Crippen molar-refractivity contribution in [3.63, 3.8) is 0 Å². The van der Waals surface area contributed by atoms with Gasteiger partial charge >= 0.3 is 6.09 Å². The van der Waals surface area contributed by atoms with Crippen LogP contribution in [0.4, 0.5) is 20.6 Å². The summed E-state index contributed by atoms with van der Waals surface area (Å²) in [7, 11) is 0. The highest BCUT2D eigenvalue weighted by molar-refractivity contribution is 7.99. The highest BCUT2D eigenvalue weighted by Crippen LogP contribution is 2.40. The molecule has 3 fully saturated rings. The van der Waals surface area contributed by atoms with Crippen LogP contribution in [0, 0.1) is 5.82 Å². The Bertz CT molecular complexity index is 832. The zero-order valence-corrected chi connectivity index (χ0v) is 15.5. The van der Waals surface area contributed by atoms with E-state index < -0.39 is 6.09 Å². The Morgan fingerprint density at radius 1 is 1.26 bits per heavy atom. The number of rotatable bonds is 4. The average Bonchev–Trinajstić information content (AvgIpc) is 3.34. The van der Waals surface area contributed by atoms with Crippen molar-refractivity contribution in [1.29, 1.82) is 0 Å². The van der Waals surface area contributed by atoms with Crippen LogP contribution in [-0.4, -0.2) is 57.1 Å². The Labute approximate surface area is 160 Å². The van der Waals surface area contributed by atoms with Crippen LogP contribution in [0.3, 0.4) is 0 Å². The molecule has 1 amide bonds. The SMILES string of the molecule is O=C1OC(Cn2cncn2)CN1c1ccc(N2C3CCC2CSC3)c(F)c1. The zero-order chi connectivity index (χ0) is 18.4. The number of carbonyl (C=O) groups is 1. The van der Waals surface area contributed by atoms with Gasteiger partial charge in [-0.05, 0) is 31.0 Å². The molecule has 27 heavy (non-hydrogen) atoms. The van der Waals surface area contributed by atoms with Crippen molar-refractivity contribution in [3.8, 4) is 0 Å². The molecule has 142 valence electrons. The van der Waals surface area contributed by atoms with E-state index in [1.54, 1.807) is 11.0 Å². The minimum atomic E-state index is -0.457. The molecule has 4 heterocycles. The minimum absolute atomic E-state index is 0.274. The van der Waals surface area contributed by atoms with Crippen LogP contribution < -0.4 is 9.80 Å². The monoisotopic (exact) mass is 389 g/mol. The molecule has 1 aromatic carbocycles. The molecule has 3 aliphatic rings. The van der Waals surface area contributed by atoms with Crippen LogP contribution >= 0.6 is 11.8 Å². The molecule has 3 unspecified atom stereocenters. The van der Waals surface area contributed by atoms with Crippen LogP contribution in [0.15, 0.2) is 30.9 Å². The van der Waals surface area contributed by atoms with E-state index in [1.165, 1.54) is 17.3 Å². The smallest absolute Gasteiger partial charge is 0.414 e. The van der Waals surface area contributed by atoms with Crippen molar-refractivity contribution in [2.24, 2.45) is 0 Å². The summed E-state index contributed by atoms with van der Waals surface area (Å²) in [6.45, 7) is 0.792. The second-order valence-corrected chi connectivity index (χ2v) is 8.27. The highest BCUT2D eigenvalue weighted by atomic mass is 32.2. The van der Waals surface area contributed by atoms with Crippen LogP contribution in [0.5, 0.6) is 0 Å². The first-order valence-corrected chi connectivity index (χ1v) is 10.3. The molecule has 3 atom stereocenters. The highest BCUT2D eigenvalue weighted by Gasteiger charge is 2.39. The number of benzene rings is 1. The number of hydrogen-bond acceptors (Lipinski definition) is 6. The fourth-order valence-corrected chi connectivity index (χ4v) is 5.59. The summed E-state index contributed by atoms with van der Waals surface area (Å²) in [6.07, 6.45) is 4.48. The van der Waals surface area contributed by atoms with Gasteiger partial charge in [0.25, 0.3) is 0 Å². The van der Waals surface area contributed by atoms with E-state index in [2.05, 4.69) is 15.0 Å². The third-order valence-electron chi connectivity index (χ3n) is 5.49. The van der Waals surface area contributed by atoms with Gasteiger partial charge in [0, 0.05) is 23.6 Å². The van der Waals surface area contributed by atoms with Crippen molar-refractivity contribution in [2.45, 2.75) is 37.6 Å². The summed E-state index contributed by atoms with van der Waals surface area (Å²) in [6, 6.07) is 5.91. The predicted molar refractivity (Wildman–Crippen MR) is 101 cm³/mol. The summed E-state index contributed by atoms with van der Waals surface area (Å²) in [5.74, 6) is 1.84. The maximum absolute atomic E-state index is 14.9. The summed E-state index contributed by atoms with van der Waals surface area (Å²) in [4.78, 5) is 19.9. The van der Waals surface area contributed by atoms with Gasteiger partial charge < -0.3 is 9.64 Å². The molecule has 1 aromatic heterocycles. The number of thioether (sulfide) groups is 1. The number of nitrogens with zero attached hydrogens (tertiary/aromatic N) is 5. The van der Waals surface area contributed by atoms with E-state index in [1.807, 2.05) is 23.9 Å². The molecule has 0 spiro atoms. The number of carbonyl (C=O) groups excluding carboxylic acids is 1. The Kier molecular flexibility index (Phi) is 4.18. The van der Waals surface area contributed by atoms with Crippen LogP contribution in [-0.2, 0) is 11.3 Å². The van der Waals surface area contributed by atoms with E-state index in [4.69, 9.17) is 4.74 Å². The van der Waals surface area contributed by atoms with Gasteiger partial charge in [0.15, 0.2) is 0 Å². The normalized spacial score (nSPS) is 27.3. The Hall–Kier alpha value is -2.29. The lowest BCUT2D eigenvalue weighted by atomic mass is 10.2. The van der Waals surface area contributed by atoms with E-state index in [0.717, 1.165) is 24.3 Å². The van der Waals surface area contributed by atoms with Gasteiger partial charge in [0.1, 0.15) is 24.6 Å². The Balaban J connectivity index is 1.34. The third-order valence-corrected chi connectivity index (χ3v) is 6.73. The van der Waals surface area contributed by atoms with Gasteiger partial charge in [-0.1, -0.05) is 0 Å². The number of anilines is 2. The minimum Gasteiger partial charge on any atom is -0.442 e.